The van der Waals surface area contributed by atoms with Crippen LogP contribution in [0.15, 0.2) is 78.9 Å². The molecule has 5 heteroatoms. The average Bonchev–Trinajstić information content (AvgIpc) is 3.25. The number of nitrogens with zero attached hydrogens (tertiary/aromatic N) is 2. The topological polar surface area (TPSA) is 40.6 Å². The van der Waals surface area contributed by atoms with Crippen molar-refractivity contribution < 1.29 is 9.59 Å². The molecule has 28 heavy (non-hydrogen) atoms. The van der Waals surface area contributed by atoms with Crippen molar-refractivity contribution in [3.05, 3.63) is 106 Å². The number of fused-ring (bicyclic) bond motifs is 3. The van der Waals surface area contributed by atoms with E-state index in [0.717, 1.165) is 11.1 Å². The highest BCUT2D eigenvalue weighted by Gasteiger charge is 2.59. The molecule has 0 spiro atoms. The molecular weight excluding hydrogens is 372 g/mol. The van der Waals surface area contributed by atoms with Crippen LogP contribution >= 0.6 is 11.6 Å². The van der Waals surface area contributed by atoms with Gasteiger partial charge in [-0.15, -0.1) is 0 Å². The first kappa shape index (κ1) is 17.0. The van der Waals surface area contributed by atoms with Gasteiger partial charge in [0.1, 0.15) is 0 Å². The fourth-order valence-corrected chi connectivity index (χ4v) is 4.59. The van der Waals surface area contributed by atoms with Crippen LogP contribution in [0.1, 0.15) is 31.8 Å². The molecule has 0 N–H and O–H groups in total. The van der Waals surface area contributed by atoms with Gasteiger partial charge in [0.25, 0.3) is 11.8 Å². The Bertz CT molecular complexity index is 1080. The molecule has 1 saturated heterocycles. The number of benzene rings is 3. The Balaban J connectivity index is 1.76. The van der Waals surface area contributed by atoms with Crippen molar-refractivity contribution in [3.63, 3.8) is 0 Å². The summed E-state index contributed by atoms with van der Waals surface area (Å²) in [5.74, 6) is -0.142. The summed E-state index contributed by atoms with van der Waals surface area (Å²) >= 11 is 6.12. The minimum Gasteiger partial charge on any atom is -0.306 e. The van der Waals surface area contributed by atoms with Gasteiger partial charge in [0.05, 0.1) is 0 Å². The SMILES string of the molecule is O=C(c1ccccc1)N1CCN2C(=O)c3ccccc3[C@]12c1ccc(Cl)cc1. The van der Waals surface area contributed by atoms with Crippen molar-refractivity contribution in [1.82, 2.24) is 9.80 Å². The molecule has 2 aliphatic heterocycles. The maximum absolute atomic E-state index is 13.5. The van der Waals surface area contributed by atoms with Crippen molar-refractivity contribution in [2.45, 2.75) is 5.66 Å². The fourth-order valence-electron chi connectivity index (χ4n) is 4.46. The quantitative estimate of drug-likeness (QED) is 0.661. The second kappa shape index (κ2) is 6.21. The summed E-state index contributed by atoms with van der Waals surface area (Å²) in [4.78, 5) is 30.3. The van der Waals surface area contributed by atoms with Crippen LogP contribution in [0.2, 0.25) is 5.02 Å². The van der Waals surface area contributed by atoms with Gasteiger partial charge in [-0.3, -0.25) is 9.59 Å². The van der Waals surface area contributed by atoms with Gasteiger partial charge in [-0.2, -0.15) is 0 Å². The molecule has 0 aromatic heterocycles. The van der Waals surface area contributed by atoms with Crippen LogP contribution in [0, 0.1) is 0 Å². The Morgan fingerprint density at radius 1 is 0.857 bits per heavy atom. The Morgan fingerprint density at radius 2 is 1.54 bits per heavy atom. The van der Waals surface area contributed by atoms with Crippen molar-refractivity contribution >= 4 is 23.4 Å². The standard InChI is InChI=1S/C23H17ClN2O2/c24-18-12-10-17(11-13-18)23-20-9-5-4-8-19(20)22(28)26(23)15-14-25(23)21(27)16-6-2-1-3-7-16/h1-13H,14-15H2/t23-/m1/s1. The van der Waals surface area contributed by atoms with Crippen LogP contribution in [0.25, 0.3) is 0 Å². The minimum absolute atomic E-state index is 0.0473. The van der Waals surface area contributed by atoms with Crippen molar-refractivity contribution in [1.29, 1.82) is 0 Å². The number of amides is 2. The third kappa shape index (κ3) is 2.18. The highest BCUT2D eigenvalue weighted by atomic mass is 35.5. The van der Waals surface area contributed by atoms with E-state index in [1.807, 2.05) is 76.5 Å². The number of hydrogen-bond acceptors (Lipinski definition) is 2. The Morgan fingerprint density at radius 3 is 2.29 bits per heavy atom. The Kier molecular flexibility index (Phi) is 3.78. The normalized spacial score (nSPS) is 20.2. The van der Waals surface area contributed by atoms with Gasteiger partial charge in [0.2, 0.25) is 0 Å². The third-order valence-electron chi connectivity index (χ3n) is 5.62. The minimum atomic E-state index is -0.953. The van der Waals surface area contributed by atoms with Crippen LogP contribution in [0.3, 0.4) is 0 Å². The summed E-state index contributed by atoms with van der Waals surface area (Å²) in [5.41, 5.74) is 1.99. The number of carbonyl (C=O) groups excluding carboxylic acids is 2. The molecule has 3 aromatic carbocycles. The summed E-state index contributed by atoms with van der Waals surface area (Å²) < 4.78 is 0. The molecule has 0 bridgehead atoms. The molecule has 4 nitrogen and oxygen atoms in total. The van der Waals surface area contributed by atoms with E-state index < -0.39 is 5.66 Å². The zero-order valence-electron chi connectivity index (χ0n) is 15.0. The van der Waals surface area contributed by atoms with Crippen molar-refractivity contribution in [2.75, 3.05) is 13.1 Å². The van der Waals surface area contributed by atoms with Crippen LogP contribution < -0.4 is 0 Å². The first-order valence-electron chi connectivity index (χ1n) is 9.18. The first-order chi connectivity index (χ1) is 13.6. The lowest BCUT2D eigenvalue weighted by Gasteiger charge is -2.40. The van der Waals surface area contributed by atoms with Crippen molar-refractivity contribution in [3.8, 4) is 0 Å². The molecule has 5 rings (SSSR count). The van der Waals surface area contributed by atoms with E-state index in [0.29, 0.717) is 29.2 Å². The van der Waals surface area contributed by atoms with E-state index >= 15 is 0 Å². The summed E-state index contributed by atoms with van der Waals surface area (Å²) in [6.07, 6.45) is 0. The van der Waals surface area contributed by atoms with E-state index in [-0.39, 0.29) is 11.8 Å². The predicted molar refractivity (Wildman–Crippen MR) is 107 cm³/mol. The summed E-state index contributed by atoms with van der Waals surface area (Å²) in [6, 6.07) is 24.2. The summed E-state index contributed by atoms with van der Waals surface area (Å²) in [7, 11) is 0. The van der Waals surface area contributed by atoms with Gasteiger partial charge in [0.15, 0.2) is 5.66 Å². The largest absolute Gasteiger partial charge is 0.306 e. The lowest BCUT2D eigenvalue weighted by molar-refractivity contribution is 0.0375. The number of carbonyl (C=O) groups is 2. The van der Waals surface area contributed by atoms with Gasteiger partial charge in [-0.05, 0) is 30.3 Å². The summed E-state index contributed by atoms with van der Waals surface area (Å²) in [5, 5.41) is 0.614. The lowest BCUT2D eigenvalue weighted by atomic mass is 9.89. The van der Waals surface area contributed by atoms with Crippen molar-refractivity contribution in [2.24, 2.45) is 0 Å². The van der Waals surface area contributed by atoms with E-state index in [9.17, 15) is 9.59 Å². The van der Waals surface area contributed by atoms with E-state index in [4.69, 9.17) is 11.6 Å². The zero-order valence-corrected chi connectivity index (χ0v) is 15.8. The smallest absolute Gasteiger partial charge is 0.256 e. The maximum Gasteiger partial charge on any atom is 0.256 e. The molecule has 2 aliphatic rings. The van der Waals surface area contributed by atoms with E-state index in [2.05, 4.69) is 0 Å². The lowest BCUT2D eigenvalue weighted by Crippen LogP contribution is -2.51. The van der Waals surface area contributed by atoms with Gasteiger partial charge < -0.3 is 9.80 Å². The van der Waals surface area contributed by atoms with Crippen LogP contribution in [0.5, 0.6) is 0 Å². The van der Waals surface area contributed by atoms with Gasteiger partial charge in [0, 0.05) is 40.4 Å². The highest BCUT2D eigenvalue weighted by molar-refractivity contribution is 6.30. The van der Waals surface area contributed by atoms with E-state index in [1.54, 1.807) is 12.1 Å². The van der Waals surface area contributed by atoms with Gasteiger partial charge >= 0.3 is 0 Å². The molecule has 1 fully saturated rings. The number of rotatable bonds is 2. The van der Waals surface area contributed by atoms with Crippen LogP contribution in [0.4, 0.5) is 0 Å². The number of hydrogen-bond donors (Lipinski definition) is 0. The summed E-state index contributed by atoms with van der Waals surface area (Å²) in [6.45, 7) is 0.950. The van der Waals surface area contributed by atoms with Gasteiger partial charge in [-0.1, -0.05) is 60.1 Å². The molecule has 0 aliphatic carbocycles. The molecule has 0 radical (unpaired) electrons. The maximum atomic E-state index is 13.5. The molecule has 138 valence electrons. The molecule has 2 amide bonds. The van der Waals surface area contributed by atoms with E-state index in [1.165, 1.54) is 0 Å². The molecule has 2 heterocycles. The predicted octanol–water partition coefficient (Wildman–Crippen LogP) is 4.15. The Labute approximate surface area is 168 Å². The third-order valence-corrected chi connectivity index (χ3v) is 5.87. The average molecular weight is 389 g/mol. The molecule has 0 saturated carbocycles. The monoisotopic (exact) mass is 388 g/mol. The van der Waals surface area contributed by atoms with Crippen LogP contribution in [-0.2, 0) is 5.66 Å². The highest BCUT2D eigenvalue weighted by Crippen LogP contribution is 2.50. The second-order valence-corrected chi connectivity index (χ2v) is 7.44. The zero-order chi connectivity index (χ0) is 19.3. The Hall–Kier alpha value is -3.11. The van der Waals surface area contributed by atoms with Gasteiger partial charge in [-0.25, -0.2) is 0 Å². The molecule has 3 aromatic rings. The fraction of sp³-hybridized carbons (Fsp3) is 0.130. The first-order valence-corrected chi connectivity index (χ1v) is 9.56. The molecule has 1 atom stereocenters. The molecular formula is C23H17ClN2O2. The second-order valence-electron chi connectivity index (χ2n) is 7.00. The molecule has 0 unspecified atom stereocenters. The van der Waals surface area contributed by atoms with Crippen LogP contribution in [-0.4, -0.2) is 34.7 Å². The number of halogens is 1.